The van der Waals surface area contributed by atoms with Crippen molar-refractivity contribution in [2.75, 3.05) is 11.9 Å². The summed E-state index contributed by atoms with van der Waals surface area (Å²) in [7, 11) is 0. The lowest BCUT2D eigenvalue weighted by Gasteiger charge is -2.20. The van der Waals surface area contributed by atoms with Crippen molar-refractivity contribution >= 4 is 17.3 Å². The van der Waals surface area contributed by atoms with Gasteiger partial charge >= 0.3 is 11.7 Å². The lowest BCUT2D eigenvalue weighted by Crippen LogP contribution is -2.31. The van der Waals surface area contributed by atoms with Gasteiger partial charge in [-0.15, -0.1) is 0 Å². The zero-order valence-electron chi connectivity index (χ0n) is 11.3. The Labute approximate surface area is 121 Å². The van der Waals surface area contributed by atoms with Crippen LogP contribution in [-0.4, -0.2) is 34.8 Å². The maximum atomic E-state index is 11.2. The Balaban J connectivity index is 1.89. The lowest BCUT2D eigenvalue weighted by molar-refractivity contribution is -0.384. The first kappa shape index (κ1) is 13.8. The van der Waals surface area contributed by atoms with Crippen molar-refractivity contribution in [1.29, 1.82) is 0 Å². The molecule has 1 saturated carbocycles. The highest BCUT2D eigenvalue weighted by molar-refractivity contribution is 5.95. The molecule has 0 amide bonds. The van der Waals surface area contributed by atoms with E-state index in [9.17, 15) is 14.9 Å². The molecule has 2 atom stereocenters. The summed E-state index contributed by atoms with van der Waals surface area (Å²) in [6.07, 6.45) is 3.09. The van der Waals surface area contributed by atoms with Crippen molar-refractivity contribution in [3.05, 3.63) is 33.9 Å². The third kappa shape index (κ3) is 2.69. The van der Waals surface area contributed by atoms with Crippen LogP contribution in [0.15, 0.2) is 18.2 Å². The number of aromatic carboxylic acids is 1. The first-order valence-electron chi connectivity index (χ1n) is 6.96. The molecule has 1 saturated heterocycles. The molecule has 2 unspecified atom stereocenters. The van der Waals surface area contributed by atoms with Gasteiger partial charge in [0, 0.05) is 6.61 Å². The van der Waals surface area contributed by atoms with Gasteiger partial charge in [0.2, 0.25) is 0 Å². The number of carbonyl (C=O) groups is 1. The highest BCUT2D eigenvalue weighted by Gasteiger charge is 2.41. The number of nitro groups is 1. The van der Waals surface area contributed by atoms with E-state index in [-0.39, 0.29) is 29.1 Å². The predicted octanol–water partition coefficient (Wildman–Crippen LogP) is 2.27. The minimum Gasteiger partial charge on any atom is -0.477 e. The van der Waals surface area contributed by atoms with Gasteiger partial charge in [0.25, 0.3) is 0 Å². The average molecular weight is 292 g/mol. The van der Waals surface area contributed by atoms with E-state index in [4.69, 9.17) is 9.84 Å². The van der Waals surface area contributed by atoms with E-state index < -0.39 is 10.9 Å². The molecule has 2 fully saturated rings. The first-order valence-corrected chi connectivity index (χ1v) is 6.96. The van der Waals surface area contributed by atoms with Gasteiger partial charge in [-0.2, -0.15) is 0 Å². The van der Waals surface area contributed by atoms with E-state index in [0.717, 1.165) is 19.3 Å². The Bertz CT molecular complexity index is 585. The van der Waals surface area contributed by atoms with Crippen LogP contribution in [-0.2, 0) is 4.74 Å². The molecule has 1 aromatic carbocycles. The highest BCUT2D eigenvalue weighted by atomic mass is 16.6. The molecule has 1 aliphatic carbocycles. The fourth-order valence-corrected chi connectivity index (χ4v) is 2.88. The molecule has 7 heteroatoms. The van der Waals surface area contributed by atoms with Crippen LogP contribution in [0, 0.1) is 16.0 Å². The molecular weight excluding hydrogens is 276 g/mol. The second kappa shape index (κ2) is 5.33. The number of nitro benzene ring substituents is 1. The first-order chi connectivity index (χ1) is 10.1. The number of anilines is 1. The monoisotopic (exact) mass is 292 g/mol. The van der Waals surface area contributed by atoms with Crippen molar-refractivity contribution < 1.29 is 19.6 Å². The highest BCUT2D eigenvalue weighted by Crippen LogP contribution is 2.40. The van der Waals surface area contributed by atoms with Gasteiger partial charge in [-0.05, 0) is 37.3 Å². The standard InChI is InChI=1S/C14H16N2O5/c17-14(18)9-2-1-3-10(12(9)16(19)20)15-11-6-7-21-13(11)8-4-5-8/h1-3,8,11,13,15H,4-7H2,(H,17,18). The Morgan fingerprint density at radius 1 is 1.38 bits per heavy atom. The summed E-state index contributed by atoms with van der Waals surface area (Å²) in [5.41, 5.74) is -0.431. The molecule has 2 N–H and O–H groups in total. The molecule has 7 nitrogen and oxygen atoms in total. The third-order valence-corrected chi connectivity index (χ3v) is 4.01. The number of hydrogen-bond acceptors (Lipinski definition) is 5. The van der Waals surface area contributed by atoms with Crippen molar-refractivity contribution in [3.63, 3.8) is 0 Å². The molecule has 3 rings (SSSR count). The molecule has 1 heterocycles. The molecule has 1 aromatic rings. The number of carboxylic acids is 1. The van der Waals surface area contributed by atoms with Gasteiger partial charge < -0.3 is 15.2 Å². The largest absolute Gasteiger partial charge is 0.477 e. The van der Waals surface area contributed by atoms with Crippen LogP contribution in [0.25, 0.3) is 0 Å². The number of nitrogens with zero attached hydrogens (tertiary/aromatic N) is 1. The molecule has 0 radical (unpaired) electrons. The third-order valence-electron chi connectivity index (χ3n) is 4.01. The molecule has 0 aromatic heterocycles. The lowest BCUT2D eigenvalue weighted by atomic mass is 10.0. The van der Waals surface area contributed by atoms with Gasteiger partial charge in [-0.1, -0.05) is 6.07 Å². The van der Waals surface area contributed by atoms with Crippen molar-refractivity contribution in [2.45, 2.75) is 31.4 Å². The summed E-state index contributed by atoms with van der Waals surface area (Å²) >= 11 is 0. The normalized spacial score (nSPS) is 24.8. The zero-order valence-corrected chi connectivity index (χ0v) is 11.3. The fraction of sp³-hybridized carbons (Fsp3) is 0.500. The molecular formula is C14H16N2O5. The van der Waals surface area contributed by atoms with Crippen molar-refractivity contribution in [2.24, 2.45) is 5.92 Å². The van der Waals surface area contributed by atoms with Crippen molar-refractivity contribution in [3.8, 4) is 0 Å². The number of nitrogens with one attached hydrogen (secondary N) is 1. The van der Waals surface area contributed by atoms with Gasteiger partial charge in [0.1, 0.15) is 11.3 Å². The van der Waals surface area contributed by atoms with Crippen LogP contribution in [0.2, 0.25) is 0 Å². The SMILES string of the molecule is O=C(O)c1cccc(NC2CCOC2C2CC2)c1[N+](=O)[O-]. The van der Waals surface area contributed by atoms with Crippen LogP contribution in [0.1, 0.15) is 29.6 Å². The second-order valence-corrected chi connectivity index (χ2v) is 5.48. The molecule has 21 heavy (non-hydrogen) atoms. The molecule has 0 bridgehead atoms. The van der Waals surface area contributed by atoms with E-state index in [1.165, 1.54) is 12.1 Å². The minimum atomic E-state index is -1.30. The Morgan fingerprint density at radius 2 is 2.14 bits per heavy atom. The van der Waals surface area contributed by atoms with E-state index in [2.05, 4.69) is 5.32 Å². The van der Waals surface area contributed by atoms with E-state index >= 15 is 0 Å². The molecule has 0 spiro atoms. The van der Waals surface area contributed by atoms with E-state index in [1.54, 1.807) is 6.07 Å². The van der Waals surface area contributed by atoms with Crippen LogP contribution in [0.3, 0.4) is 0 Å². The van der Waals surface area contributed by atoms with Crippen LogP contribution < -0.4 is 5.32 Å². The average Bonchev–Trinajstić information content (AvgIpc) is 3.18. The molecule has 2 aliphatic rings. The smallest absolute Gasteiger partial charge is 0.342 e. The number of rotatable bonds is 5. The Kier molecular flexibility index (Phi) is 3.50. The summed E-state index contributed by atoms with van der Waals surface area (Å²) in [6, 6.07) is 4.31. The summed E-state index contributed by atoms with van der Waals surface area (Å²) in [5.74, 6) is -0.779. The zero-order chi connectivity index (χ0) is 15.0. The van der Waals surface area contributed by atoms with Crippen LogP contribution >= 0.6 is 0 Å². The minimum absolute atomic E-state index is 0.000227. The number of ether oxygens (including phenoxy) is 1. The summed E-state index contributed by atoms with van der Waals surface area (Å²) in [6.45, 7) is 0.630. The van der Waals surface area contributed by atoms with Gasteiger partial charge in [0.05, 0.1) is 17.1 Å². The number of para-hydroxylation sites is 1. The summed E-state index contributed by atoms with van der Waals surface area (Å²) in [4.78, 5) is 21.7. The van der Waals surface area contributed by atoms with E-state index in [1.807, 2.05) is 0 Å². The van der Waals surface area contributed by atoms with Gasteiger partial charge in [0.15, 0.2) is 0 Å². The van der Waals surface area contributed by atoms with Gasteiger partial charge in [-0.25, -0.2) is 4.79 Å². The maximum absolute atomic E-state index is 11.2. The number of carboxylic acid groups (broad SMARTS) is 1. The van der Waals surface area contributed by atoms with Crippen molar-refractivity contribution in [1.82, 2.24) is 0 Å². The predicted molar refractivity (Wildman–Crippen MR) is 74.5 cm³/mol. The molecule has 112 valence electrons. The number of benzene rings is 1. The van der Waals surface area contributed by atoms with Gasteiger partial charge in [-0.3, -0.25) is 10.1 Å². The fourth-order valence-electron chi connectivity index (χ4n) is 2.88. The maximum Gasteiger partial charge on any atom is 0.342 e. The quantitative estimate of drug-likeness (QED) is 0.637. The van der Waals surface area contributed by atoms with Crippen LogP contribution in [0.5, 0.6) is 0 Å². The van der Waals surface area contributed by atoms with E-state index in [0.29, 0.717) is 12.5 Å². The summed E-state index contributed by atoms with van der Waals surface area (Å²) < 4.78 is 5.69. The Hall–Kier alpha value is -2.15. The summed E-state index contributed by atoms with van der Waals surface area (Å²) in [5, 5.41) is 23.4. The number of hydrogen-bond donors (Lipinski definition) is 2. The van der Waals surface area contributed by atoms with Crippen LogP contribution in [0.4, 0.5) is 11.4 Å². The molecule has 1 aliphatic heterocycles. The second-order valence-electron chi connectivity index (χ2n) is 5.48. The Morgan fingerprint density at radius 3 is 2.76 bits per heavy atom. The topological polar surface area (TPSA) is 102 Å².